The molecule has 0 aliphatic carbocycles. The Labute approximate surface area is 103 Å². The van der Waals surface area contributed by atoms with Gasteiger partial charge in [-0.15, -0.1) is 0 Å². The van der Waals surface area contributed by atoms with Crippen molar-refractivity contribution in [3.63, 3.8) is 0 Å². The third-order valence-electron chi connectivity index (χ3n) is 2.14. The van der Waals surface area contributed by atoms with Gasteiger partial charge < -0.3 is 11.1 Å². The van der Waals surface area contributed by atoms with Gasteiger partial charge in [0, 0.05) is 0 Å². The average molecular weight is 247 g/mol. The van der Waals surface area contributed by atoms with Crippen LogP contribution in [0.1, 0.15) is 5.69 Å². The number of hydrogen-bond donors (Lipinski definition) is 2. The Kier molecular flexibility index (Phi) is 3.30. The molecule has 86 valence electrons. The van der Waals surface area contributed by atoms with Gasteiger partial charge in [0.25, 0.3) is 0 Å². The minimum atomic E-state index is -0.338. The topological polar surface area (TPSA) is 50.9 Å². The van der Waals surface area contributed by atoms with Gasteiger partial charge in [-0.2, -0.15) is 0 Å². The second-order valence-corrected chi connectivity index (χ2v) is 3.82. The Bertz CT molecular complexity index is 557. The van der Waals surface area contributed by atoms with Crippen LogP contribution >= 0.6 is 12.2 Å². The molecule has 0 aliphatic heterocycles. The number of aromatic nitrogens is 1. The lowest BCUT2D eigenvalue weighted by Crippen LogP contribution is -2.12. The van der Waals surface area contributed by atoms with Gasteiger partial charge >= 0.3 is 0 Å². The van der Waals surface area contributed by atoms with E-state index in [0.29, 0.717) is 17.2 Å². The van der Waals surface area contributed by atoms with E-state index in [0.717, 1.165) is 0 Å². The van der Waals surface area contributed by atoms with Gasteiger partial charge in [0.05, 0.1) is 11.4 Å². The number of rotatable bonds is 3. The molecule has 2 aromatic rings. The van der Waals surface area contributed by atoms with E-state index in [1.165, 1.54) is 6.07 Å². The molecule has 1 heterocycles. The van der Waals surface area contributed by atoms with Crippen LogP contribution in [-0.2, 0) is 0 Å². The van der Waals surface area contributed by atoms with Crippen LogP contribution in [0.15, 0.2) is 42.5 Å². The van der Waals surface area contributed by atoms with Crippen molar-refractivity contribution in [2.24, 2.45) is 5.73 Å². The van der Waals surface area contributed by atoms with E-state index < -0.39 is 0 Å². The standard InChI is InChI=1S/C12H10FN3S/c13-8-4-1-2-5-9(8)15-11-7-3-6-10(16-11)12(14)17/h1-7H,(H2,14,17)(H,15,16). The normalized spacial score (nSPS) is 9.94. The Morgan fingerprint density at radius 1 is 1.18 bits per heavy atom. The summed E-state index contributed by atoms with van der Waals surface area (Å²) in [4.78, 5) is 4.38. The molecule has 2 rings (SSSR count). The summed E-state index contributed by atoms with van der Waals surface area (Å²) in [5, 5.41) is 2.87. The predicted molar refractivity (Wildman–Crippen MR) is 69.8 cm³/mol. The fourth-order valence-corrected chi connectivity index (χ4v) is 1.46. The van der Waals surface area contributed by atoms with Gasteiger partial charge in [-0.25, -0.2) is 9.37 Å². The molecule has 17 heavy (non-hydrogen) atoms. The highest BCUT2D eigenvalue weighted by Crippen LogP contribution is 2.17. The van der Waals surface area contributed by atoms with Gasteiger partial charge in [0.1, 0.15) is 16.6 Å². The van der Waals surface area contributed by atoms with Crippen molar-refractivity contribution in [2.45, 2.75) is 0 Å². The van der Waals surface area contributed by atoms with Crippen molar-refractivity contribution in [1.29, 1.82) is 0 Å². The smallest absolute Gasteiger partial charge is 0.146 e. The number of para-hydroxylation sites is 1. The predicted octanol–water partition coefficient (Wildman–Crippen LogP) is 2.60. The molecular weight excluding hydrogens is 237 g/mol. The van der Waals surface area contributed by atoms with E-state index in [1.54, 1.807) is 36.4 Å². The van der Waals surface area contributed by atoms with Gasteiger partial charge in [0.2, 0.25) is 0 Å². The first kappa shape index (κ1) is 11.5. The lowest BCUT2D eigenvalue weighted by molar-refractivity contribution is 0.632. The fraction of sp³-hybridized carbons (Fsp3) is 0. The second-order valence-electron chi connectivity index (χ2n) is 3.38. The molecule has 3 nitrogen and oxygen atoms in total. The van der Waals surface area contributed by atoms with Gasteiger partial charge in [-0.3, -0.25) is 0 Å². The molecule has 0 atom stereocenters. The van der Waals surface area contributed by atoms with E-state index >= 15 is 0 Å². The van der Waals surface area contributed by atoms with Crippen LogP contribution in [-0.4, -0.2) is 9.97 Å². The maximum Gasteiger partial charge on any atom is 0.146 e. The van der Waals surface area contributed by atoms with Crippen molar-refractivity contribution in [3.8, 4) is 0 Å². The number of nitrogens with one attached hydrogen (secondary N) is 1. The number of hydrogen-bond acceptors (Lipinski definition) is 3. The molecule has 3 N–H and O–H groups in total. The molecule has 0 saturated carbocycles. The molecule has 0 saturated heterocycles. The van der Waals surface area contributed by atoms with E-state index in [4.69, 9.17) is 18.0 Å². The van der Waals surface area contributed by atoms with Crippen LogP contribution < -0.4 is 11.1 Å². The molecule has 0 amide bonds. The van der Waals surface area contributed by atoms with Crippen molar-refractivity contribution in [2.75, 3.05) is 5.32 Å². The maximum absolute atomic E-state index is 13.4. The number of nitrogens with two attached hydrogens (primary N) is 1. The van der Waals surface area contributed by atoms with Crippen LogP contribution in [0.25, 0.3) is 0 Å². The van der Waals surface area contributed by atoms with E-state index in [-0.39, 0.29) is 10.8 Å². The Hall–Kier alpha value is -2.01. The molecule has 0 unspecified atom stereocenters. The minimum absolute atomic E-state index is 0.210. The number of benzene rings is 1. The van der Waals surface area contributed by atoms with Crippen molar-refractivity contribution >= 4 is 28.7 Å². The molecule has 0 fully saturated rings. The largest absolute Gasteiger partial charge is 0.388 e. The van der Waals surface area contributed by atoms with Crippen LogP contribution in [0, 0.1) is 5.82 Å². The first-order valence-electron chi connectivity index (χ1n) is 4.95. The van der Waals surface area contributed by atoms with Crippen molar-refractivity contribution in [3.05, 3.63) is 54.0 Å². The second kappa shape index (κ2) is 4.88. The highest BCUT2D eigenvalue weighted by Gasteiger charge is 2.03. The summed E-state index contributed by atoms with van der Waals surface area (Å²) in [6.45, 7) is 0. The van der Waals surface area contributed by atoms with Crippen LogP contribution in [0.4, 0.5) is 15.9 Å². The Morgan fingerprint density at radius 3 is 2.65 bits per heavy atom. The van der Waals surface area contributed by atoms with Crippen LogP contribution in [0.5, 0.6) is 0 Å². The third-order valence-corrected chi connectivity index (χ3v) is 2.35. The summed E-state index contributed by atoms with van der Waals surface area (Å²) in [6, 6.07) is 11.5. The lowest BCUT2D eigenvalue weighted by Gasteiger charge is -2.07. The fourth-order valence-electron chi connectivity index (χ4n) is 1.34. The summed E-state index contributed by atoms with van der Waals surface area (Å²) in [6.07, 6.45) is 0. The first-order chi connectivity index (χ1) is 8.16. The summed E-state index contributed by atoms with van der Waals surface area (Å²) >= 11 is 4.83. The quantitative estimate of drug-likeness (QED) is 0.819. The highest BCUT2D eigenvalue weighted by molar-refractivity contribution is 7.80. The minimum Gasteiger partial charge on any atom is -0.388 e. The number of nitrogens with zero attached hydrogens (tertiary/aromatic N) is 1. The van der Waals surface area contributed by atoms with Gasteiger partial charge in [-0.05, 0) is 24.3 Å². The Balaban J connectivity index is 2.28. The number of halogens is 1. The van der Waals surface area contributed by atoms with E-state index in [2.05, 4.69) is 10.3 Å². The SMILES string of the molecule is NC(=S)c1cccc(Nc2ccccc2F)n1. The molecule has 1 aromatic carbocycles. The van der Waals surface area contributed by atoms with Gasteiger partial charge in [-0.1, -0.05) is 30.4 Å². The van der Waals surface area contributed by atoms with Crippen molar-refractivity contribution < 1.29 is 4.39 Å². The van der Waals surface area contributed by atoms with E-state index in [9.17, 15) is 4.39 Å². The highest BCUT2D eigenvalue weighted by atomic mass is 32.1. The molecule has 5 heteroatoms. The molecule has 0 spiro atoms. The molecule has 0 aliphatic rings. The Morgan fingerprint density at radius 2 is 1.94 bits per heavy atom. The molecule has 0 radical (unpaired) electrons. The number of thiocarbonyl (C=S) groups is 1. The van der Waals surface area contributed by atoms with E-state index in [1.807, 2.05) is 0 Å². The van der Waals surface area contributed by atoms with Crippen LogP contribution in [0.2, 0.25) is 0 Å². The molecule has 0 bridgehead atoms. The summed E-state index contributed by atoms with van der Waals surface area (Å²) in [7, 11) is 0. The zero-order valence-corrected chi connectivity index (χ0v) is 9.67. The monoisotopic (exact) mass is 247 g/mol. The number of pyridine rings is 1. The molecular formula is C12H10FN3S. The summed E-state index contributed by atoms with van der Waals surface area (Å²) in [5.74, 6) is 0.162. The third kappa shape index (κ3) is 2.76. The van der Waals surface area contributed by atoms with Gasteiger partial charge in [0.15, 0.2) is 0 Å². The summed E-state index contributed by atoms with van der Waals surface area (Å²) in [5.41, 5.74) is 6.34. The van der Waals surface area contributed by atoms with Crippen molar-refractivity contribution in [1.82, 2.24) is 4.98 Å². The number of anilines is 2. The summed E-state index contributed by atoms with van der Waals surface area (Å²) < 4.78 is 13.4. The average Bonchev–Trinajstić information content (AvgIpc) is 2.32. The zero-order valence-electron chi connectivity index (χ0n) is 8.85. The molecule has 1 aromatic heterocycles. The maximum atomic E-state index is 13.4. The van der Waals surface area contributed by atoms with Crippen LogP contribution in [0.3, 0.4) is 0 Å². The zero-order chi connectivity index (χ0) is 12.3. The lowest BCUT2D eigenvalue weighted by atomic mass is 10.3. The first-order valence-corrected chi connectivity index (χ1v) is 5.36.